The second-order valence-electron chi connectivity index (χ2n) is 10.4. The Morgan fingerprint density at radius 1 is 1.26 bits per heavy atom. The van der Waals surface area contributed by atoms with Crippen LogP contribution in [0.2, 0.25) is 0 Å². The van der Waals surface area contributed by atoms with Crippen LogP contribution in [-0.4, -0.2) is 52.4 Å². The smallest absolute Gasteiger partial charge is 0.392 e. The quantitative estimate of drug-likeness (QED) is 0.648. The van der Waals surface area contributed by atoms with Crippen molar-refractivity contribution >= 4 is 17.2 Å². The van der Waals surface area contributed by atoms with Crippen molar-refractivity contribution < 1.29 is 27.8 Å². The molecule has 2 aliphatic rings. The molecule has 0 aliphatic carbocycles. The summed E-state index contributed by atoms with van der Waals surface area (Å²) in [6, 6.07) is 3.25. The van der Waals surface area contributed by atoms with Crippen LogP contribution in [0.3, 0.4) is 0 Å². The molecule has 4 rings (SSSR count). The summed E-state index contributed by atoms with van der Waals surface area (Å²) < 4.78 is 48.1. The van der Waals surface area contributed by atoms with Crippen LogP contribution in [0.15, 0.2) is 29.4 Å². The van der Waals surface area contributed by atoms with Gasteiger partial charge in [-0.1, -0.05) is 26.8 Å². The Labute approximate surface area is 207 Å². The van der Waals surface area contributed by atoms with Crippen LogP contribution in [0, 0.1) is 0 Å². The zero-order chi connectivity index (χ0) is 25.4. The topological polar surface area (TPSA) is 67.1 Å². The number of aliphatic hydroxyl groups excluding tert-OH is 1. The molecule has 1 aromatic carbocycles. The Bertz CT molecular complexity index is 1130. The summed E-state index contributed by atoms with van der Waals surface area (Å²) in [5.74, 6) is -0.700. The summed E-state index contributed by atoms with van der Waals surface area (Å²) >= 11 is 1.38. The molecule has 0 saturated carbocycles. The summed E-state index contributed by atoms with van der Waals surface area (Å²) in [5.41, 5.74) is -0.637. The van der Waals surface area contributed by atoms with Gasteiger partial charge in [0.05, 0.1) is 24.3 Å². The molecule has 35 heavy (non-hydrogen) atoms. The van der Waals surface area contributed by atoms with Crippen molar-refractivity contribution in [3.63, 3.8) is 0 Å². The lowest BCUT2D eigenvalue weighted by Crippen LogP contribution is -2.25. The Morgan fingerprint density at radius 3 is 2.63 bits per heavy atom. The van der Waals surface area contributed by atoms with Crippen molar-refractivity contribution in [3.8, 4) is 0 Å². The molecule has 0 spiro atoms. The Hall–Kier alpha value is -2.01. The molecule has 1 aromatic heterocycles. The van der Waals surface area contributed by atoms with Crippen molar-refractivity contribution in [1.29, 1.82) is 0 Å². The first-order valence-electron chi connectivity index (χ1n) is 11.9. The van der Waals surface area contributed by atoms with Gasteiger partial charge in [-0.15, -0.1) is 11.3 Å². The maximum absolute atomic E-state index is 13.5. The molecule has 10 heteroatoms. The number of hydrogen-bond acceptors (Lipinski definition) is 5. The third-order valence-electron chi connectivity index (χ3n) is 6.39. The average molecular weight is 512 g/mol. The van der Waals surface area contributed by atoms with Gasteiger partial charge < -0.3 is 14.4 Å². The number of halogens is 3. The lowest BCUT2D eigenvalue weighted by molar-refractivity contribution is -0.137. The van der Waals surface area contributed by atoms with Gasteiger partial charge in [0.15, 0.2) is 4.80 Å². The van der Waals surface area contributed by atoms with Crippen molar-refractivity contribution in [2.75, 3.05) is 19.7 Å². The third-order valence-corrected chi connectivity index (χ3v) is 7.84. The summed E-state index contributed by atoms with van der Waals surface area (Å²) in [4.78, 5) is 21.1. The highest BCUT2D eigenvalue weighted by Crippen LogP contribution is 2.32. The van der Waals surface area contributed by atoms with Crippen LogP contribution >= 0.6 is 11.3 Å². The van der Waals surface area contributed by atoms with Gasteiger partial charge in [0, 0.05) is 42.9 Å². The first-order chi connectivity index (χ1) is 16.4. The van der Waals surface area contributed by atoms with Gasteiger partial charge in [0.1, 0.15) is 0 Å². The Balaban J connectivity index is 1.73. The number of thiazole rings is 1. The minimum atomic E-state index is -4.57. The standard InChI is InChI=1S/C25H32F3N3O3S/c1-24(2,3)21-15-31(14-19-5-4-10-34-19)23(35-21)29-22(33)20-11-17(25(26,27)28)7-6-16(20)12-30-9-8-18(32)13-30/h6-7,11,15,18-19,32H,4-5,8-10,12-14H2,1-3H3/b29-23-/t18-,19+/m0/s1. The zero-order valence-electron chi connectivity index (χ0n) is 20.3. The number of carbonyl (C=O) groups excluding carboxylic acids is 1. The monoisotopic (exact) mass is 511 g/mol. The number of aromatic nitrogens is 1. The number of hydrogen-bond donors (Lipinski definition) is 1. The lowest BCUT2D eigenvalue weighted by Gasteiger charge is -2.18. The number of aliphatic hydroxyl groups is 1. The van der Waals surface area contributed by atoms with Crippen LogP contribution < -0.4 is 4.80 Å². The van der Waals surface area contributed by atoms with E-state index < -0.39 is 23.8 Å². The number of nitrogens with zero attached hydrogens (tertiary/aromatic N) is 3. The molecular weight excluding hydrogens is 479 g/mol. The third kappa shape index (κ3) is 6.41. The predicted octanol–water partition coefficient (Wildman–Crippen LogP) is 4.35. The average Bonchev–Trinajstić information content (AvgIpc) is 3.50. The van der Waals surface area contributed by atoms with Gasteiger partial charge in [-0.2, -0.15) is 18.2 Å². The van der Waals surface area contributed by atoms with E-state index in [0.29, 0.717) is 43.0 Å². The van der Waals surface area contributed by atoms with E-state index in [1.807, 2.05) is 15.7 Å². The summed E-state index contributed by atoms with van der Waals surface area (Å²) in [7, 11) is 0. The van der Waals surface area contributed by atoms with E-state index in [1.54, 1.807) is 0 Å². The van der Waals surface area contributed by atoms with Gasteiger partial charge in [-0.25, -0.2) is 0 Å². The molecule has 2 atom stereocenters. The second-order valence-corrected chi connectivity index (χ2v) is 11.4. The van der Waals surface area contributed by atoms with E-state index >= 15 is 0 Å². The first kappa shape index (κ1) is 26.1. The van der Waals surface area contributed by atoms with E-state index in [4.69, 9.17) is 4.74 Å². The van der Waals surface area contributed by atoms with Gasteiger partial charge in [0.25, 0.3) is 5.91 Å². The number of alkyl halides is 3. The highest BCUT2D eigenvalue weighted by Gasteiger charge is 2.32. The second kappa shape index (κ2) is 10.2. The molecule has 0 unspecified atom stereocenters. The Kier molecular flexibility index (Phi) is 7.57. The normalized spacial score (nSPS) is 22.3. The number of β-amino-alcohol motifs (C(OH)–C–C–N with tert-alkyl or cyclic N) is 1. The van der Waals surface area contributed by atoms with Crippen molar-refractivity contribution in [2.24, 2.45) is 4.99 Å². The minimum absolute atomic E-state index is 0.0252. The van der Waals surface area contributed by atoms with Crippen LogP contribution in [0.4, 0.5) is 13.2 Å². The Morgan fingerprint density at radius 2 is 2.03 bits per heavy atom. The maximum Gasteiger partial charge on any atom is 0.416 e. The van der Waals surface area contributed by atoms with Gasteiger partial charge in [-0.3, -0.25) is 9.69 Å². The molecule has 2 aliphatic heterocycles. The van der Waals surface area contributed by atoms with Gasteiger partial charge >= 0.3 is 6.18 Å². The van der Waals surface area contributed by atoms with Crippen LogP contribution in [0.5, 0.6) is 0 Å². The molecule has 1 N–H and O–H groups in total. The lowest BCUT2D eigenvalue weighted by atomic mass is 9.95. The van der Waals surface area contributed by atoms with Crippen molar-refractivity contribution in [2.45, 2.75) is 76.9 Å². The molecule has 0 radical (unpaired) electrons. The molecule has 3 heterocycles. The molecule has 2 fully saturated rings. The number of rotatable bonds is 5. The molecule has 1 amide bonds. The number of benzene rings is 1. The van der Waals surface area contributed by atoms with E-state index in [0.717, 1.165) is 29.9 Å². The summed E-state index contributed by atoms with van der Waals surface area (Å²) in [5, 5.41) is 9.83. The van der Waals surface area contributed by atoms with E-state index in [9.17, 15) is 23.1 Å². The van der Waals surface area contributed by atoms with Crippen LogP contribution in [0.1, 0.15) is 66.4 Å². The highest BCUT2D eigenvalue weighted by atomic mass is 32.1. The fourth-order valence-corrected chi connectivity index (χ4v) is 5.44. The number of amides is 1. The largest absolute Gasteiger partial charge is 0.416 e. The van der Waals surface area contributed by atoms with Crippen molar-refractivity contribution in [3.05, 3.63) is 50.8 Å². The van der Waals surface area contributed by atoms with E-state index in [-0.39, 0.29) is 23.6 Å². The number of ether oxygens (including phenoxy) is 1. The molecular formula is C25H32F3N3O3S. The fourth-order valence-electron chi connectivity index (χ4n) is 4.39. The minimum Gasteiger partial charge on any atom is -0.392 e. The van der Waals surface area contributed by atoms with Crippen LogP contribution in [-0.2, 0) is 29.4 Å². The van der Waals surface area contributed by atoms with Gasteiger partial charge in [0.2, 0.25) is 0 Å². The number of carbonyl (C=O) groups is 1. The fraction of sp³-hybridized carbons (Fsp3) is 0.600. The molecule has 2 saturated heterocycles. The van der Waals surface area contributed by atoms with E-state index in [1.165, 1.54) is 17.4 Å². The maximum atomic E-state index is 13.5. The summed E-state index contributed by atoms with van der Waals surface area (Å²) in [6.07, 6.45) is -0.547. The molecule has 192 valence electrons. The predicted molar refractivity (Wildman–Crippen MR) is 127 cm³/mol. The number of likely N-dealkylation sites (tertiary alicyclic amines) is 1. The first-order valence-corrected chi connectivity index (χ1v) is 12.7. The van der Waals surface area contributed by atoms with Gasteiger partial charge in [-0.05, 0) is 42.4 Å². The molecule has 2 aromatic rings. The summed E-state index contributed by atoms with van der Waals surface area (Å²) in [6.45, 7) is 8.76. The molecule has 6 nitrogen and oxygen atoms in total. The van der Waals surface area contributed by atoms with E-state index in [2.05, 4.69) is 25.8 Å². The SMILES string of the molecule is CC(C)(C)c1cn(C[C@H]2CCCO2)/c(=N/C(=O)c2cc(C(F)(F)F)ccc2CN2CC[C@H](O)C2)s1. The zero-order valence-corrected chi connectivity index (χ0v) is 21.1. The highest BCUT2D eigenvalue weighted by molar-refractivity contribution is 7.09. The molecule has 0 bridgehead atoms. The van der Waals surface area contributed by atoms with Crippen molar-refractivity contribution in [1.82, 2.24) is 9.47 Å². The van der Waals surface area contributed by atoms with Crippen LogP contribution in [0.25, 0.3) is 0 Å².